The molecule has 3 saturated heterocycles. The number of carbonyl (C=O) groups is 1. The van der Waals surface area contributed by atoms with Gasteiger partial charge in [-0.05, 0) is 55.6 Å². The van der Waals surface area contributed by atoms with E-state index in [1.54, 1.807) is 0 Å². The largest absolute Gasteiger partial charge is 0.484 e. The van der Waals surface area contributed by atoms with Gasteiger partial charge in [-0.1, -0.05) is 30.3 Å². The van der Waals surface area contributed by atoms with Crippen LogP contribution < -0.4 is 15.0 Å². The van der Waals surface area contributed by atoms with Crippen molar-refractivity contribution in [2.45, 2.75) is 24.8 Å². The van der Waals surface area contributed by atoms with Gasteiger partial charge in [-0.15, -0.1) is 0 Å². The number of hydrogen-bond acceptors (Lipinski definition) is 5. The van der Waals surface area contributed by atoms with E-state index < -0.39 is 0 Å². The van der Waals surface area contributed by atoms with Gasteiger partial charge < -0.3 is 15.0 Å². The number of aromatic nitrogens is 2. The smallest absolute Gasteiger partial charge is 0.257 e. The first kappa shape index (κ1) is 23.4. The molecule has 0 saturated carbocycles. The number of fused-ring (bicyclic) bond motifs is 3. The highest BCUT2D eigenvalue weighted by Crippen LogP contribution is 2.42. The van der Waals surface area contributed by atoms with Crippen molar-refractivity contribution in [1.82, 2.24) is 20.0 Å². The number of aryl methyl sites for hydroxylation is 1. The van der Waals surface area contributed by atoms with Gasteiger partial charge in [0.1, 0.15) is 5.75 Å². The number of ether oxygens (including phenoxy) is 1. The molecule has 1 N–H and O–H groups in total. The van der Waals surface area contributed by atoms with Crippen LogP contribution >= 0.6 is 0 Å². The molecule has 35 heavy (non-hydrogen) atoms. The lowest BCUT2D eigenvalue weighted by Gasteiger charge is -2.49. The van der Waals surface area contributed by atoms with Crippen molar-refractivity contribution in [2.75, 3.05) is 45.2 Å². The molecule has 1 amide bonds. The molecule has 0 aliphatic carbocycles. The molecule has 1 aromatic heterocycles. The number of hydrogen-bond donors (Lipinski definition) is 1. The molecule has 3 aromatic rings. The van der Waals surface area contributed by atoms with Crippen LogP contribution in [-0.4, -0.2) is 67.0 Å². The maximum atomic E-state index is 12.3. The maximum Gasteiger partial charge on any atom is 0.257 e. The quantitative estimate of drug-likeness (QED) is 0.542. The van der Waals surface area contributed by atoms with E-state index in [2.05, 4.69) is 71.3 Å². The molecule has 4 atom stereocenters. The van der Waals surface area contributed by atoms with E-state index >= 15 is 0 Å². The molecule has 3 aliphatic heterocycles. The molecule has 7 nitrogen and oxygen atoms in total. The van der Waals surface area contributed by atoms with Gasteiger partial charge in [-0.2, -0.15) is 5.10 Å². The van der Waals surface area contributed by atoms with Crippen molar-refractivity contribution in [3.05, 3.63) is 66.4 Å². The summed E-state index contributed by atoms with van der Waals surface area (Å²) in [6.45, 7) is 2.84. The van der Waals surface area contributed by atoms with Crippen molar-refractivity contribution in [3.8, 4) is 17.0 Å². The Morgan fingerprint density at radius 3 is 2.60 bits per heavy atom. The zero-order valence-electron chi connectivity index (χ0n) is 20.9. The Kier molecular flexibility index (Phi) is 6.77. The Morgan fingerprint density at radius 1 is 1.14 bits per heavy atom. The summed E-state index contributed by atoms with van der Waals surface area (Å²) in [5, 5.41) is 7.94. The zero-order valence-corrected chi connectivity index (χ0v) is 20.9. The number of nitrogens with one attached hydrogen (secondary N) is 1. The fraction of sp³-hybridized carbons (Fsp3) is 0.429. The van der Waals surface area contributed by atoms with E-state index in [0.717, 1.165) is 36.5 Å². The highest BCUT2D eigenvalue weighted by Gasteiger charge is 2.41. The van der Waals surface area contributed by atoms with Crippen LogP contribution in [0.3, 0.4) is 0 Å². The fourth-order valence-corrected chi connectivity index (χ4v) is 5.53. The van der Waals surface area contributed by atoms with E-state index in [1.807, 2.05) is 30.3 Å². The number of para-hydroxylation sites is 1. The number of nitrogens with zero attached hydrogens (tertiary/aromatic N) is 4. The molecular weight excluding hydrogens is 438 g/mol. The second-order valence-electron chi connectivity index (χ2n) is 9.96. The number of rotatable bonds is 8. The number of piperidine rings is 3. The molecule has 0 radical (unpaired) electrons. The summed E-state index contributed by atoms with van der Waals surface area (Å²) < 4.78 is 7.65. The molecule has 3 fully saturated rings. The van der Waals surface area contributed by atoms with Gasteiger partial charge in [-0.3, -0.25) is 14.4 Å². The van der Waals surface area contributed by atoms with Crippen LogP contribution in [0.25, 0.3) is 11.3 Å². The number of benzene rings is 2. The normalized spacial score (nSPS) is 23.2. The molecule has 7 heteroatoms. The SMILES string of the molecule is CN(C)c1ccc(-c2cc([C@H]3CN4CC[C@H]3C[C@@H]4CNC(=O)COc3ccccc3)n(C)n2)cc1. The second-order valence-corrected chi connectivity index (χ2v) is 9.96. The average Bonchev–Trinajstić information content (AvgIpc) is 3.28. The Hall–Kier alpha value is -3.32. The van der Waals surface area contributed by atoms with Crippen molar-refractivity contribution in [2.24, 2.45) is 13.0 Å². The molecule has 6 rings (SSSR count). The summed E-state index contributed by atoms with van der Waals surface area (Å²) in [5.74, 6) is 1.74. The summed E-state index contributed by atoms with van der Waals surface area (Å²) >= 11 is 0. The van der Waals surface area contributed by atoms with Crippen LogP contribution in [0.2, 0.25) is 0 Å². The Bertz CT molecular complexity index is 1140. The third-order valence-corrected chi connectivity index (χ3v) is 7.50. The van der Waals surface area contributed by atoms with E-state index in [-0.39, 0.29) is 12.5 Å². The van der Waals surface area contributed by atoms with E-state index in [4.69, 9.17) is 9.84 Å². The monoisotopic (exact) mass is 473 g/mol. The lowest BCUT2D eigenvalue weighted by molar-refractivity contribution is -0.123. The summed E-state index contributed by atoms with van der Waals surface area (Å²) in [6, 6.07) is 20.7. The molecule has 0 spiro atoms. The van der Waals surface area contributed by atoms with Gasteiger partial charge in [0.25, 0.3) is 5.91 Å². The third kappa shape index (κ3) is 5.20. The average molecular weight is 474 g/mol. The molecule has 184 valence electrons. The lowest BCUT2D eigenvalue weighted by atomic mass is 9.74. The van der Waals surface area contributed by atoms with Crippen molar-refractivity contribution < 1.29 is 9.53 Å². The van der Waals surface area contributed by atoms with Gasteiger partial charge in [0.05, 0.1) is 5.69 Å². The highest BCUT2D eigenvalue weighted by atomic mass is 16.5. The van der Waals surface area contributed by atoms with Gasteiger partial charge in [0, 0.05) is 63.1 Å². The third-order valence-electron chi connectivity index (χ3n) is 7.50. The number of carbonyl (C=O) groups excluding carboxylic acids is 1. The summed E-state index contributed by atoms with van der Waals surface area (Å²) in [5.41, 5.74) is 4.68. The molecular formula is C28H35N5O2. The fourth-order valence-electron chi connectivity index (χ4n) is 5.53. The van der Waals surface area contributed by atoms with E-state index in [0.29, 0.717) is 24.4 Å². The Balaban J connectivity index is 1.18. The van der Waals surface area contributed by atoms with Crippen LogP contribution in [0.15, 0.2) is 60.7 Å². The highest BCUT2D eigenvalue weighted by molar-refractivity contribution is 5.77. The Morgan fingerprint density at radius 2 is 1.91 bits per heavy atom. The zero-order chi connectivity index (χ0) is 24.4. The molecule has 1 unspecified atom stereocenters. The summed E-state index contributed by atoms with van der Waals surface area (Å²) in [6.07, 6.45) is 2.30. The first-order valence-corrected chi connectivity index (χ1v) is 12.5. The van der Waals surface area contributed by atoms with Gasteiger partial charge in [0.15, 0.2) is 6.61 Å². The van der Waals surface area contributed by atoms with Gasteiger partial charge in [-0.25, -0.2) is 0 Å². The maximum absolute atomic E-state index is 12.3. The minimum absolute atomic E-state index is 0.0517. The summed E-state index contributed by atoms with van der Waals surface area (Å²) in [4.78, 5) is 17.0. The number of amides is 1. The van der Waals surface area contributed by atoms with Crippen LogP contribution in [0.1, 0.15) is 24.5 Å². The van der Waals surface area contributed by atoms with Crippen molar-refractivity contribution in [1.29, 1.82) is 0 Å². The van der Waals surface area contributed by atoms with Crippen LogP contribution in [0, 0.1) is 5.92 Å². The first-order chi connectivity index (χ1) is 17.0. The predicted octanol–water partition coefficient (Wildman–Crippen LogP) is 3.53. The minimum Gasteiger partial charge on any atom is -0.484 e. The van der Waals surface area contributed by atoms with Gasteiger partial charge >= 0.3 is 0 Å². The molecule has 4 heterocycles. The van der Waals surface area contributed by atoms with Crippen LogP contribution in [0.5, 0.6) is 5.75 Å². The molecule has 2 aromatic carbocycles. The number of anilines is 1. The van der Waals surface area contributed by atoms with Crippen molar-refractivity contribution >= 4 is 11.6 Å². The first-order valence-electron chi connectivity index (χ1n) is 12.5. The van der Waals surface area contributed by atoms with Crippen LogP contribution in [0.4, 0.5) is 5.69 Å². The minimum atomic E-state index is -0.0652. The molecule has 3 aliphatic rings. The lowest BCUT2D eigenvalue weighted by Crippen LogP contribution is -2.56. The van der Waals surface area contributed by atoms with Crippen LogP contribution in [-0.2, 0) is 11.8 Å². The van der Waals surface area contributed by atoms with Crippen molar-refractivity contribution in [3.63, 3.8) is 0 Å². The second kappa shape index (κ2) is 10.1. The standard InChI is InChI=1S/C28H35N5O2/c1-31(2)22-11-9-20(10-12-22)26-16-27(32(3)30-26)25-18-33-14-13-21(25)15-23(33)17-29-28(34)19-35-24-7-5-4-6-8-24/h4-12,16,21,23,25H,13-15,17-19H2,1-3H3,(H,29,34)/t21-,23+,25-/m0/s1. The van der Waals surface area contributed by atoms with E-state index in [1.165, 1.54) is 17.8 Å². The molecule has 2 bridgehead atoms. The van der Waals surface area contributed by atoms with Gasteiger partial charge in [0.2, 0.25) is 0 Å². The van der Waals surface area contributed by atoms with E-state index in [9.17, 15) is 4.79 Å². The Labute approximate surface area is 207 Å². The predicted molar refractivity (Wildman–Crippen MR) is 139 cm³/mol. The summed E-state index contributed by atoms with van der Waals surface area (Å²) in [7, 11) is 6.17. The topological polar surface area (TPSA) is 62.6 Å².